The first-order chi connectivity index (χ1) is 32.2. The third-order valence-corrected chi connectivity index (χ3v) is 14.8. The Hall–Kier alpha value is -3.41. The monoisotopic (exact) mass is 958 g/mol. The predicted molar refractivity (Wildman–Crippen MR) is 256 cm³/mol. The van der Waals surface area contributed by atoms with Gasteiger partial charge >= 0.3 is 5.97 Å². The minimum Gasteiger partial charge on any atom is -0.460 e. The Kier molecular flexibility index (Phi) is 22.9. The highest BCUT2D eigenvalue weighted by Gasteiger charge is 2.53. The van der Waals surface area contributed by atoms with Crippen molar-refractivity contribution in [2.45, 2.75) is 180 Å². The van der Waals surface area contributed by atoms with Crippen molar-refractivity contribution in [1.29, 1.82) is 0 Å². The van der Waals surface area contributed by atoms with Crippen LogP contribution in [0.2, 0.25) is 0 Å². The topological polar surface area (TPSA) is 205 Å². The number of aliphatic hydroxyl groups excluding tert-OH is 2. The highest BCUT2D eigenvalue weighted by Crippen LogP contribution is 2.38. The first-order valence-electron chi connectivity index (χ1n) is 25.0. The molecule has 3 fully saturated rings. The van der Waals surface area contributed by atoms with Crippen LogP contribution in [0.4, 0.5) is 0 Å². The number of hydrogen-bond acceptors (Lipinski definition) is 14. The van der Waals surface area contributed by atoms with Crippen molar-refractivity contribution in [2.24, 2.45) is 35.5 Å². The number of ether oxygens (including phenoxy) is 6. The van der Waals surface area contributed by atoms with Crippen LogP contribution in [0.5, 0.6) is 0 Å². The van der Waals surface area contributed by atoms with Gasteiger partial charge in [-0.1, -0.05) is 71.1 Å². The maximum Gasteiger partial charge on any atom is 0.329 e. The van der Waals surface area contributed by atoms with Crippen LogP contribution in [-0.4, -0.2) is 145 Å². The zero-order chi connectivity index (χ0) is 50.3. The lowest BCUT2D eigenvalue weighted by Gasteiger charge is -2.42. The van der Waals surface area contributed by atoms with E-state index in [1.165, 1.54) is 12.0 Å². The van der Waals surface area contributed by atoms with Gasteiger partial charge in [0.25, 0.3) is 11.7 Å². The molecule has 3 heterocycles. The van der Waals surface area contributed by atoms with E-state index in [0.717, 1.165) is 12.8 Å². The van der Waals surface area contributed by atoms with Crippen LogP contribution < -0.4 is 0 Å². The molecule has 0 aromatic rings. The zero-order valence-electron chi connectivity index (χ0n) is 42.4. The summed E-state index contributed by atoms with van der Waals surface area (Å²) >= 11 is 0. The van der Waals surface area contributed by atoms with E-state index >= 15 is 0 Å². The highest BCUT2D eigenvalue weighted by atomic mass is 16.6. The smallest absolute Gasteiger partial charge is 0.329 e. The summed E-state index contributed by atoms with van der Waals surface area (Å²) in [5, 5.41) is 34.5. The van der Waals surface area contributed by atoms with E-state index < -0.39 is 77.8 Å². The Morgan fingerprint density at radius 2 is 1.59 bits per heavy atom. The fraction of sp³-hybridized carbons (Fsp3) is 0.755. The molecule has 68 heavy (non-hydrogen) atoms. The molecule has 3 aliphatic heterocycles. The molecule has 4 rings (SSSR count). The lowest BCUT2D eigenvalue weighted by molar-refractivity contribution is -0.265. The average Bonchev–Trinajstić information content (AvgIpc) is 3.31. The molecule has 3 N–H and O–H groups in total. The number of allylic oxidation sites excluding steroid dienone is 6. The van der Waals surface area contributed by atoms with E-state index in [1.54, 1.807) is 67.1 Å². The van der Waals surface area contributed by atoms with Gasteiger partial charge in [0, 0.05) is 58.5 Å². The van der Waals surface area contributed by atoms with Crippen LogP contribution in [-0.2, 0) is 52.4 Å². The number of amides is 1. The molecule has 15 heteroatoms. The third kappa shape index (κ3) is 15.5. The molecule has 1 unspecified atom stereocenters. The van der Waals surface area contributed by atoms with Crippen LogP contribution in [0, 0.1) is 35.5 Å². The van der Waals surface area contributed by atoms with Crippen molar-refractivity contribution in [1.82, 2.24) is 4.90 Å². The first-order valence-corrected chi connectivity index (χ1v) is 25.0. The van der Waals surface area contributed by atoms with Crippen molar-refractivity contribution in [2.75, 3.05) is 41.1 Å². The molecule has 1 saturated carbocycles. The molecule has 0 aromatic carbocycles. The number of aliphatic hydroxyl groups is 3. The molecule has 15 nitrogen and oxygen atoms in total. The van der Waals surface area contributed by atoms with Crippen molar-refractivity contribution in [3.05, 3.63) is 47.6 Å². The molecule has 1 aliphatic carbocycles. The summed E-state index contributed by atoms with van der Waals surface area (Å²) < 4.78 is 35.0. The minimum absolute atomic E-state index is 0.00181. The molecule has 1 amide bonds. The van der Waals surface area contributed by atoms with Crippen molar-refractivity contribution in [3.63, 3.8) is 0 Å². The van der Waals surface area contributed by atoms with Gasteiger partial charge < -0.3 is 48.6 Å². The SMILES string of the molecule is COCCO[C@@H]1CC[C@@H](C[C@@H](C)[C@@H]2CC(=O)/C(C)=C/C(C)[C@@H](O)[C@@H](OC)C(=O)[C@H](C)C[C@H](C)C=CC=CC=C(C)[C@@H](O)C[C@@H]3CC[C@@H](C)[C@@](O)(O3)C(=O)C(=O)N3CCCC[C@H]3C(=O)O2)C[C@H]1OC. The summed E-state index contributed by atoms with van der Waals surface area (Å²) in [7, 11) is 4.66. The molecule has 0 aromatic heterocycles. The fourth-order valence-electron chi connectivity index (χ4n) is 10.3. The molecular formula is C53H83NO14. The van der Waals surface area contributed by atoms with Gasteiger partial charge in [-0.25, -0.2) is 4.79 Å². The van der Waals surface area contributed by atoms with Crippen molar-refractivity contribution in [3.8, 4) is 0 Å². The van der Waals surface area contributed by atoms with Gasteiger partial charge in [-0.05, 0) is 107 Å². The first kappa shape index (κ1) is 57.2. The van der Waals surface area contributed by atoms with Gasteiger partial charge in [0.15, 0.2) is 11.6 Å². The van der Waals surface area contributed by atoms with Crippen LogP contribution in [0.1, 0.15) is 126 Å². The van der Waals surface area contributed by atoms with Crippen LogP contribution in [0.15, 0.2) is 47.6 Å². The summed E-state index contributed by atoms with van der Waals surface area (Å²) in [5.74, 6) is -8.10. The number of carbonyl (C=O) groups is 5. The Labute approximate surface area is 405 Å². The normalized spacial score (nSPS) is 37.5. The zero-order valence-corrected chi connectivity index (χ0v) is 42.4. The number of hydrogen-bond donors (Lipinski definition) is 3. The maximum absolute atomic E-state index is 14.4. The summed E-state index contributed by atoms with van der Waals surface area (Å²) in [6.45, 7) is 13.5. The van der Waals surface area contributed by atoms with Gasteiger partial charge in [-0.3, -0.25) is 19.2 Å². The number of fused-ring (bicyclic) bond motifs is 3. The van der Waals surface area contributed by atoms with Crippen LogP contribution >= 0.6 is 0 Å². The summed E-state index contributed by atoms with van der Waals surface area (Å²) in [5.41, 5.74) is 0.941. The van der Waals surface area contributed by atoms with E-state index in [-0.39, 0.29) is 67.3 Å². The third-order valence-electron chi connectivity index (χ3n) is 14.8. The molecule has 2 bridgehead atoms. The lowest BCUT2D eigenvalue weighted by atomic mass is 9.78. The number of rotatable bonds is 9. The molecule has 4 aliphatic rings. The number of esters is 1. The molecule has 0 radical (unpaired) electrons. The second-order valence-electron chi connectivity index (χ2n) is 20.2. The summed E-state index contributed by atoms with van der Waals surface area (Å²) in [6.07, 6.45) is 10.8. The summed E-state index contributed by atoms with van der Waals surface area (Å²) in [4.78, 5) is 71.9. The molecule has 384 valence electrons. The molecular weight excluding hydrogens is 875 g/mol. The van der Waals surface area contributed by atoms with Gasteiger partial charge in [-0.2, -0.15) is 0 Å². The quantitative estimate of drug-likeness (QED) is 0.134. The lowest BCUT2D eigenvalue weighted by Crippen LogP contribution is -2.61. The van der Waals surface area contributed by atoms with Crippen molar-refractivity contribution < 1.29 is 67.7 Å². The highest BCUT2D eigenvalue weighted by molar-refractivity contribution is 6.39. The van der Waals surface area contributed by atoms with E-state index in [9.17, 15) is 39.3 Å². The second kappa shape index (κ2) is 27.3. The maximum atomic E-state index is 14.4. The number of ketones is 3. The largest absolute Gasteiger partial charge is 0.460 e. The number of piperidine rings is 1. The summed E-state index contributed by atoms with van der Waals surface area (Å²) in [6, 6.07) is -1.16. The number of carbonyl (C=O) groups excluding carboxylic acids is 5. The number of nitrogens with zero attached hydrogens (tertiary/aromatic N) is 1. The minimum atomic E-state index is -2.48. The van der Waals surface area contributed by atoms with E-state index in [4.69, 9.17) is 28.4 Å². The van der Waals surface area contributed by atoms with E-state index in [0.29, 0.717) is 69.3 Å². The van der Waals surface area contributed by atoms with Crippen LogP contribution in [0.25, 0.3) is 0 Å². The predicted octanol–water partition coefficient (Wildman–Crippen LogP) is 6.20. The Balaban J connectivity index is 1.68. The van der Waals surface area contributed by atoms with Crippen LogP contribution in [0.3, 0.4) is 0 Å². The number of Topliss-reactive ketones (excluding diaryl/α,β-unsaturated/α-hetero) is 3. The Morgan fingerprint density at radius 1 is 0.853 bits per heavy atom. The van der Waals surface area contributed by atoms with Gasteiger partial charge in [-0.15, -0.1) is 0 Å². The van der Waals surface area contributed by atoms with Gasteiger partial charge in [0.2, 0.25) is 5.79 Å². The molecule has 15 atom stereocenters. The standard InChI is InChI=1S/C53H83NO14/c1-32-16-12-11-13-17-33(2)42(55)30-40-21-19-38(7)53(62,68-40)50(59)51(60)54-23-15-14-18-41(54)52(61)67-45(35(4)28-39-20-22-44(46(29-39)64-9)66-25-24-63-8)31-43(56)34(3)27-37(6)48(58)49(65-10)47(57)36(5)26-32/h11-13,16-17,27,32,35-42,44-46,48-49,55,58,62H,14-15,18-26,28-31H2,1-10H3/b13-11?,16-12?,33-17?,34-27+/t32-,35-,36-,37?,38-,39+,40+,41+,42+,44-,45+,46-,48-,49+,53-/m1/s1. The molecule has 2 saturated heterocycles. The fourth-order valence-corrected chi connectivity index (χ4v) is 10.3. The second-order valence-corrected chi connectivity index (χ2v) is 20.2. The Morgan fingerprint density at radius 3 is 2.28 bits per heavy atom. The molecule has 0 spiro atoms. The Bertz CT molecular complexity index is 1810. The van der Waals surface area contributed by atoms with Crippen molar-refractivity contribution >= 4 is 29.2 Å². The number of cyclic esters (lactones) is 1. The van der Waals surface area contributed by atoms with Gasteiger partial charge in [0.1, 0.15) is 18.2 Å². The van der Waals surface area contributed by atoms with Gasteiger partial charge in [0.05, 0.1) is 43.7 Å². The average molecular weight is 958 g/mol. The number of methoxy groups -OCH3 is 3. The van der Waals surface area contributed by atoms with E-state index in [2.05, 4.69) is 0 Å². The van der Waals surface area contributed by atoms with E-state index in [1.807, 2.05) is 32.1 Å².